The van der Waals surface area contributed by atoms with E-state index in [0.717, 1.165) is 38.0 Å². The smallest absolute Gasteiger partial charge is 0.233 e. The van der Waals surface area contributed by atoms with Crippen LogP contribution in [0.2, 0.25) is 0 Å². The van der Waals surface area contributed by atoms with Gasteiger partial charge in [-0.05, 0) is 64.4 Å². The molecule has 2 heterocycles. The standard InChI is InChI=1S/C20H27FN2O2/c1-14(2)23-13-20(18(24)15(3)19(23)25)8-10-22(11-9-20)12-16-4-6-17(21)7-5-16/h4-7,14-15H,8-13H2,1-3H3. The number of benzene rings is 1. The predicted octanol–water partition coefficient (Wildman–Crippen LogP) is 2.86. The fourth-order valence-corrected chi connectivity index (χ4v) is 4.13. The topological polar surface area (TPSA) is 40.6 Å². The Bertz CT molecular complexity index is 648. The van der Waals surface area contributed by atoms with Crippen LogP contribution < -0.4 is 0 Å². The van der Waals surface area contributed by atoms with Gasteiger partial charge in [-0.3, -0.25) is 14.5 Å². The van der Waals surface area contributed by atoms with Crippen molar-refractivity contribution in [1.82, 2.24) is 9.80 Å². The lowest BCUT2D eigenvalue weighted by atomic mass is 9.68. The van der Waals surface area contributed by atoms with Crippen LogP contribution in [-0.2, 0) is 16.1 Å². The van der Waals surface area contributed by atoms with Gasteiger partial charge in [0.05, 0.1) is 5.92 Å². The lowest BCUT2D eigenvalue weighted by Crippen LogP contribution is -2.61. The fraction of sp³-hybridized carbons (Fsp3) is 0.600. The molecule has 0 aliphatic carbocycles. The lowest BCUT2D eigenvalue weighted by molar-refractivity contribution is -0.158. The minimum atomic E-state index is -0.528. The van der Waals surface area contributed by atoms with Crippen LogP contribution >= 0.6 is 0 Å². The summed E-state index contributed by atoms with van der Waals surface area (Å²) in [7, 11) is 0. The first-order valence-corrected chi connectivity index (χ1v) is 9.14. The summed E-state index contributed by atoms with van der Waals surface area (Å²) in [5.41, 5.74) is 0.691. The van der Waals surface area contributed by atoms with E-state index in [4.69, 9.17) is 0 Å². The zero-order chi connectivity index (χ0) is 18.2. The fourth-order valence-electron chi connectivity index (χ4n) is 4.13. The van der Waals surface area contributed by atoms with Gasteiger partial charge in [0.15, 0.2) is 5.78 Å². The third-order valence-corrected chi connectivity index (χ3v) is 5.80. The maximum absolute atomic E-state index is 13.0. The van der Waals surface area contributed by atoms with Crippen LogP contribution in [0.5, 0.6) is 0 Å². The summed E-state index contributed by atoms with van der Waals surface area (Å²) in [5, 5.41) is 0. The molecule has 2 fully saturated rings. The number of rotatable bonds is 3. The average Bonchev–Trinajstić information content (AvgIpc) is 2.60. The second kappa shape index (κ2) is 6.87. The molecule has 1 unspecified atom stereocenters. The van der Waals surface area contributed by atoms with Crippen LogP contribution in [0, 0.1) is 17.2 Å². The Morgan fingerprint density at radius 3 is 2.32 bits per heavy atom. The molecule has 0 N–H and O–H groups in total. The highest BCUT2D eigenvalue weighted by Crippen LogP contribution is 2.40. The van der Waals surface area contributed by atoms with Crippen molar-refractivity contribution in [3.63, 3.8) is 0 Å². The number of likely N-dealkylation sites (tertiary alicyclic amines) is 2. The Morgan fingerprint density at radius 1 is 1.16 bits per heavy atom. The highest BCUT2D eigenvalue weighted by Gasteiger charge is 2.51. The number of piperidine rings is 2. The highest BCUT2D eigenvalue weighted by molar-refractivity contribution is 6.06. The minimum absolute atomic E-state index is 0.0284. The largest absolute Gasteiger partial charge is 0.339 e. The summed E-state index contributed by atoms with van der Waals surface area (Å²) in [6, 6.07) is 6.72. The van der Waals surface area contributed by atoms with Crippen molar-refractivity contribution in [3.8, 4) is 0 Å². The predicted molar refractivity (Wildman–Crippen MR) is 94.4 cm³/mol. The SMILES string of the molecule is CC1C(=O)N(C(C)C)CC2(CCN(Cc3ccc(F)cc3)CC2)C1=O. The van der Waals surface area contributed by atoms with Gasteiger partial charge in [0.25, 0.3) is 0 Å². The van der Waals surface area contributed by atoms with Crippen molar-refractivity contribution in [3.05, 3.63) is 35.6 Å². The van der Waals surface area contributed by atoms with Crippen LogP contribution in [0.25, 0.3) is 0 Å². The summed E-state index contributed by atoms with van der Waals surface area (Å²) in [6.45, 7) is 8.76. The van der Waals surface area contributed by atoms with Gasteiger partial charge in [-0.25, -0.2) is 4.39 Å². The molecular weight excluding hydrogens is 319 g/mol. The third kappa shape index (κ3) is 3.47. The maximum Gasteiger partial charge on any atom is 0.233 e. The number of hydrogen-bond acceptors (Lipinski definition) is 3. The van der Waals surface area contributed by atoms with E-state index < -0.39 is 11.3 Å². The molecule has 0 saturated carbocycles. The van der Waals surface area contributed by atoms with Crippen LogP contribution in [0.1, 0.15) is 39.2 Å². The molecule has 2 saturated heterocycles. The molecule has 4 nitrogen and oxygen atoms in total. The van der Waals surface area contributed by atoms with Crippen LogP contribution in [0.3, 0.4) is 0 Å². The third-order valence-electron chi connectivity index (χ3n) is 5.80. The van der Waals surface area contributed by atoms with Crippen LogP contribution in [-0.4, -0.2) is 47.2 Å². The number of ketones is 1. The molecular formula is C20H27FN2O2. The van der Waals surface area contributed by atoms with Gasteiger partial charge in [-0.2, -0.15) is 0 Å². The number of carbonyl (C=O) groups excluding carboxylic acids is 2. The maximum atomic E-state index is 13.0. The van der Waals surface area contributed by atoms with E-state index in [0.29, 0.717) is 6.54 Å². The van der Waals surface area contributed by atoms with E-state index in [1.54, 1.807) is 6.92 Å². The van der Waals surface area contributed by atoms with E-state index >= 15 is 0 Å². The molecule has 1 atom stereocenters. The van der Waals surface area contributed by atoms with Gasteiger partial charge in [-0.15, -0.1) is 0 Å². The zero-order valence-corrected chi connectivity index (χ0v) is 15.3. The second-order valence-corrected chi connectivity index (χ2v) is 7.83. The van der Waals surface area contributed by atoms with Crippen molar-refractivity contribution in [2.24, 2.45) is 11.3 Å². The van der Waals surface area contributed by atoms with Crippen molar-refractivity contribution >= 4 is 11.7 Å². The van der Waals surface area contributed by atoms with E-state index in [1.807, 2.05) is 30.9 Å². The van der Waals surface area contributed by atoms with Crippen LogP contribution in [0.15, 0.2) is 24.3 Å². The molecule has 0 radical (unpaired) electrons. The van der Waals surface area contributed by atoms with Crippen molar-refractivity contribution in [2.75, 3.05) is 19.6 Å². The molecule has 2 aliphatic rings. The summed E-state index contributed by atoms with van der Waals surface area (Å²) < 4.78 is 13.0. The first-order valence-electron chi connectivity index (χ1n) is 9.14. The Labute approximate surface area is 149 Å². The summed E-state index contributed by atoms with van der Waals surface area (Å²) in [5.74, 6) is -0.656. The first kappa shape index (κ1) is 18.1. The number of carbonyl (C=O) groups is 2. The highest BCUT2D eigenvalue weighted by atomic mass is 19.1. The Kier molecular flexibility index (Phi) is 4.96. The number of nitrogens with zero attached hydrogens (tertiary/aromatic N) is 2. The Hall–Kier alpha value is -1.75. The molecule has 25 heavy (non-hydrogen) atoms. The van der Waals surface area contributed by atoms with Crippen molar-refractivity contribution in [1.29, 1.82) is 0 Å². The Morgan fingerprint density at radius 2 is 1.76 bits per heavy atom. The summed E-state index contributed by atoms with van der Waals surface area (Å²) >= 11 is 0. The van der Waals surface area contributed by atoms with Crippen molar-refractivity contribution in [2.45, 2.75) is 46.2 Å². The zero-order valence-electron chi connectivity index (χ0n) is 15.3. The number of Topliss-reactive ketones (excluding diaryl/α,β-unsaturated/α-hetero) is 1. The normalized spacial score (nSPS) is 24.4. The second-order valence-electron chi connectivity index (χ2n) is 7.83. The van der Waals surface area contributed by atoms with Gasteiger partial charge < -0.3 is 4.90 Å². The molecule has 0 aromatic heterocycles. The molecule has 1 aromatic rings. The molecule has 1 spiro atoms. The van der Waals surface area contributed by atoms with Gasteiger partial charge >= 0.3 is 0 Å². The van der Waals surface area contributed by atoms with Gasteiger partial charge in [0, 0.05) is 24.5 Å². The van der Waals surface area contributed by atoms with E-state index in [9.17, 15) is 14.0 Å². The quantitative estimate of drug-likeness (QED) is 0.790. The number of halogens is 1. The molecule has 1 aromatic carbocycles. The number of amides is 1. The number of hydrogen-bond donors (Lipinski definition) is 0. The molecule has 2 aliphatic heterocycles. The molecule has 3 rings (SSSR count). The molecule has 5 heteroatoms. The monoisotopic (exact) mass is 346 g/mol. The summed E-state index contributed by atoms with van der Waals surface area (Å²) in [4.78, 5) is 29.5. The van der Waals surface area contributed by atoms with E-state index in [2.05, 4.69) is 4.90 Å². The van der Waals surface area contributed by atoms with Gasteiger partial charge in [-0.1, -0.05) is 12.1 Å². The molecule has 0 bridgehead atoms. The van der Waals surface area contributed by atoms with E-state index in [-0.39, 0.29) is 23.5 Å². The van der Waals surface area contributed by atoms with Gasteiger partial charge in [0.2, 0.25) is 5.91 Å². The summed E-state index contributed by atoms with van der Waals surface area (Å²) in [6.07, 6.45) is 1.57. The van der Waals surface area contributed by atoms with Gasteiger partial charge in [0.1, 0.15) is 5.82 Å². The van der Waals surface area contributed by atoms with Crippen LogP contribution in [0.4, 0.5) is 4.39 Å². The minimum Gasteiger partial charge on any atom is -0.339 e. The van der Waals surface area contributed by atoms with Crippen molar-refractivity contribution < 1.29 is 14.0 Å². The van der Waals surface area contributed by atoms with E-state index in [1.165, 1.54) is 12.1 Å². The lowest BCUT2D eigenvalue weighted by Gasteiger charge is -2.49. The Balaban J connectivity index is 1.68. The average molecular weight is 346 g/mol. The molecule has 136 valence electrons. The molecule has 1 amide bonds. The first-order chi connectivity index (χ1) is 11.8.